The third-order valence-electron chi connectivity index (χ3n) is 5.32. The van der Waals surface area contributed by atoms with Crippen LogP contribution in [0.25, 0.3) is 0 Å². The van der Waals surface area contributed by atoms with Crippen molar-refractivity contribution in [3.05, 3.63) is 95.1 Å². The third kappa shape index (κ3) is 6.91. The summed E-state index contributed by atoms with van der Waals surface area (Å²) in [5.41, 5.74) is 2.08. The molecule has 3 aromatic carbocycles. The van der Waals surface area contributed by atoms with E-state index >= 15 is 0 Å². The van der Waals surface area contributed by atoms with Crippen LogP contribution in [-0.2, 0) is 32.6 Å². The second-order valence-electron chi connectivity index (χ2n) is 7.87. The van der Waals surface area contributed by atoms with Crippen LogP contribution in [0.15, 0.2) is 77.7 Å². The van der Waals surface area contributed by atoms with Crippen molar-refractivity contribution in [2.75, 3.05) is 7.11 Å². The molecule has 0 radical (unpaired) electrons. The Morgan fingerprint density at radius 1 is 0.943 bits per heavy atom. The second kappa shape index (κ2) is 11.6. The minimum Gasteiger partial charge on any atom is -0.496 e. The fourth-order valence-electron chi connectivity index (χ4n) is 3.33. The molecular weight excluding hydrogens is 468 g/mol. The molecule has 0 spiro atoms. The first kappa shape index (κ1) is 25.9. The van der Waals surface area contributed by atoms with Crippen molar-refractivity contribution in [3.8, 4) is 5.75 Å². The average molecular weight is 497 g/mol. The zero-order valence-electron chi connectivity index (χ0n) is 19.8. The van der Waals surface area contributed by atoms with E-state index in [1.54, 1.807) is 13.0 Å². The number of methoxy groups -OCH3 is 1. The smallest absolute Gasteiger partial charge is 0.338 e. The zero-order chi connectivity index (χ0) is 25.4. The van der Waals surface area contributed by atoms with Gasteiger partial charge < -0.3 is 14.8 Å². The van der Waals surface area contributed by atoms with Crippen LogP contribution in [0.4, 0.5) is 0 Å². The number of sulfonamides is 1. The van der Waals surface area contributed by atoms with Crippen LogP contribution in [0.5, 0.6) is 5.75 Å². The highest BCUT2D eigenvalue weighted by atomic mass is 32.2. The quantitative estimate of drug-likeness (QED) is 0.417. The lowest BCUT2D eigenvalue weighted by molar-refractivity contribution is -0.129. The van der Waals surface area contributed by atoms with E-state index in [0.29, 0.717) is 11.3 Å². The predicted octanol–water partition coefficient (Wildman–Crippen LogP) is 3.34. The summed E-state index contributed by atoms with van der Waals surface area (Å²) >= 11 is 0. The van der Waals surface area contributed by atoms with Crippen molar-refractivity contribution in [3.63, 3.8) is 0 Å². The minimum absolute atomic E-state index is 0.0278. The van der Waals surface area contributed by atoms with Gasteiger partial charge in [0.15, 0.2) is 6.10 Å². The summed E-state index contributed by atoms with van der Waals surface area (Å²) < 4.78 is 38.8. The molecule has 184 valence electrons. The highest BCUT2D eigenvalue weighted by Crippen LogP contribution is 2.19. The molecule has 0 aromatic heterocycles. The lowest BCUT2D eigenvalue weighted by Crippen LogP contribution is -2.35. The first-order valence-corrected chi connectivity index (χ1v) is 12.4. The molecule has 3 aromatic rings. The van der Waals surface area contributed by atoms with Crippen molar-refractivity contribution >= 4 is 21.9 Å². The van der Waals surface area contributed by atoms with Gasteiger partial charge in [0.1, 0.15) is 5.75 Å². The number of hydrogen-bond acceptors (Lipinski definition) is 6. The number of ether oxygens (including phenoxy) is 2. The topological polar surface area (TPSA) is 111 Å². The molecule has 1 amide bonds. The number of aryl methyl sites for hydroxylation is 1. The molecule has 0 heterocycles. The van der Waals surface area contributed by atoms with Crippen LogP contribution in [0, 0.1) is 6.92 Å². The van der Waals surface area contributed by atoms with Crippen LogP contribution < -0.4 is 14.8 Å². The number of carbonyl (C=O) groups excluding carboxylic acids is 2. The van der Waals surface area contributed by atoms with Gasteiger partial charge in [-0.1, -0.05) is 54.6 Å². The molecule has 0 aliphatic rings. The molecular formula is C26H28N2O6S. The molecule has 0 saturated heterocycles. The molecule has 3 rings (SSSR count). The Morgan fingerprint density at radius 3 is 2.34 bits per heavy atom. The lowest BCUT2D eigenvalue weighted by atomic mass is 10.1. The molecule has 9 heteroatoms. The molecule has 2 N–H and O–H groups in total. The molecule has 0 saturated carbocycles. The van der Waals surface area contributed by atoms with Gasteiger partial charge in [0.25, 0.3) is 5.91 Å². The maximum atomic E-state index is 12.9. The molecule has 0 aliphatic carbocycles. The Morgan fingerprint density at radius 2 is 1.63 bits per heavy atom. The van der Waals surface area contributed by atoms with E-state index in [1.165, 1.54) is 32.2 Å². The van der Waals surface area contributed by atoms with E-state index in [0.717, 1.165) is 11.1 Å². The van der Waals surface area contributed by atoms with Gasteiger partial charge in [-0.15, -0.1) is 0 Å². The fraction of sp³-hybridized carbons (Fsp3) is 0.231. The van der Waals surface area contributed by atoms with Crippen molar-refractivity contribution < 1.29 is 27.5 Å². The summed E-state index contributed by atoms with van der Waals surface area (Å²) in [5, 5.41) is 2.71. The third-order valence-corrected chi connectivity index (χ3v) is 6.86. The van der Waals surface area contributed by atoms with Crippen LogP contribution in [0.3, 0.4) is 0 Å². The number of nitrogens with one attached hydrogen (secondary N) is 2. The number of esters is 1. The second-order valence-corrected chi connectivity index (χ2v) is 9.60. The SMILES string of the molecule is COc1ccccc1CNC(=O)C(C)OC(=O)c1ccc(C)c(S(=O)(=O)NCc2ccccc2)c1. The monoisotopic (exact) mass is 496 g/mol. The van der Waals surface area contributed by atoms with Crippen molar-refractivity contribution in [1.29, 1.82) is 0 Å². The number of carbonyl (C=O) groups is 2. The Balaban J connectivity index is 1.64. The van der Waals surface area contributed by atoms with Gasteiger partial charge in [0.2, 0.25) is 10.0 Å². The highest BCUT2D eigenvalue weighted by molar-refractivity contribution is 7.89. The lowest BCUT2D eigenvalue weighted by Gasteiger charge is -2.15. The van der Waals surface area contributed by atoms with E-state index in [9.17, 15) is 18.0 Å². The number of amides is 1. The number of para-hydroxylation sites is 1. The fourth-order valence-corrected chi connectivity index (χ4v) is 4.61. The van der Waals surface area contributed by atoms with Crippen molar-refractivity contribution in [1.82, 2.24) is 10.0 Å². The number of rotatable bonds is 10. The Hall–Kier alpha value is -3.69. The Labute approximate surface area is 205 Å². The summed E-state index contributed by atoms with van der Waals surface area (Å²) in [6.07, 6.45) is -1.09. The van der Waals surface area contributed by atoms with E-state index in [4.69, 9.17) is 9.47 Å². The minimum atomic E-state index is -3.88. The molecule has 0 fully saturated rings. The average Bonchev–Trinajstić information content (AvgIpc) is 2.86. The largest absolute Gasteiger partial charge is 0.496 e. The molecule has 8 nitrogen and oxygen atoms in total. The van der Waals surface area contributed by atoms with Crippen molar-refractivity contribution in [2.24, 2.45) is 0 Å². The maximum absolute atomic E-state index is 12.9. The van der Waals surface area contributed by atoms with Gasteiger partial charge in [-0.3, -0.25) is 4.79 Å². The van der Waals surface area contributed by atoms with Crippen LogP contribution >= 0.6 is 0 Å². The zero-order valence-corrected chi connectivity index (χ0v) is 20.6. The van der Waals surface area contributed by atoms with Gasteiger partial charge >= 0.3 is 5.97 Å². The van der Waals surface area contributed by atoms with Gasteiger partial charge in [-0.25, -0.2) is 17.9 Å². The van der Waals surface area contributed by atoms with Crippen LogP contribution in [0.1, 0.15) is 34.0 Å². The standard InChI is InChI=1S/C26H28N2O6S/c1-18-13-14-21(15-24(18)35(31,32)28-16-20-9-5-4-6-10-20)26(30)34-19(2)25(29)27-17-22-11-7-8-12-23(22)33-3/h4-15,19,28H,16-17H2,1-3H3,(H,27,29). The summed E-state index contributed by atoms with van der Waals surface area (Å²) in [4.78, 5) is 25.1. The summed E-state index contributed by atoms with van der Waals surface area (Å²) in [5.74, 6) is -0.662. The van der Waals surface area contributed by atoms with Crippen LogP contribution in [0.2, 0.25) is 0 Å². The predicted molar refractivity (Wildman–Crippen MR) is 131 cm³/mol. The van der Waals surface area contributed by atoms with Gasteiger partial charge in [-0.2, -0.15) is 0 Å². The molecule has 0 aliphatic heterocycles. The van der Waals surface area contributed by atoms with Gasteiger partial charge in [0, 0.05) is 18.7 Å². The summed E-state index contributed by atoms with van der Waals surface area (Å²) in [6.45, 7) is 3.40. The number of hydrogen-bond donors (Lipinski definition) is 2. The summed E-state index contributed by atoms with van der Waals surface area (Å²) in [7, 11) is -2.34. The van der Waals surface area contributed by atoms with E-state index in [2.05, 4.69) is 10.0 Å². The van der Waals surface area contributed by atoms with E-state index in [1.807, 2.05) is 48.5 Å². The first-order valence-electron chi connectivity index (χ1n) is 11.0. The molecule has 1 atom stereocenters. The van der Waals surface area contributed by atoms with E-state index < -0.39 is 28.0 Å². The molecule has 35 heavy (non-hydrogen) atoms. The summed E-state index contributed by atoms with van der Waals surface area (Å²) in [6, 6.07) is 20.6. The Kier molecular flexibility index (Phi) is 8.62. The number of benzene rings is 3. The maximum Gasteiger partial charge on any atom is 0.338 e. The normalized spacial score (nSPS) is 12.0. The van der Waals surface area contributed by atoms with E-state index in [-0.39, 0.29) is 23.5 Å². The van der Waals surface area contributed by atoms with Gasteiger partial charge in [0.05, 0.1) is 17.6 Å². The van der Waals surface area contributed by atoms with Gasteiger partial charge in [-0.05, 0) is 43.2 Å². The van der Waals surface area contributed by atoms with Crippen LogP contribution in [-0.4, -0.2) is 33.5 Å². The van der Waals surface area contributed by atoms with Crippen molar-refractivity contribution in [2.45, 2.75) is 37.9 Å². The first-order chi connectivity index (χ1) is 16.7. The molecule has 1 unspecified atom stereocenters. The highest BCUT2D eigenvalue weighted by Gasteiger charge is 2.23. The molecule has 0 bridgehead atoms. The Bertz CT molecular complexity index is 1290.